The summed E-state index contributed by atoms with van der Waals surface area (Å²) in [6, 6.07) is 7.18. The molecule has 134 valence electrons. The lowest BCUT2D eigenvalue weighted by Gasteiger charge is -2.26. The molecule has 3 aromatic rings. The van der Waals surface area contributed by atoms with E-state index in [1.807, 2.05) is 6.07 Å². The molecule has 27 heavy (non-hydrogen) atoms. The van der Waals surface area contributed by atoms with Crippen molar-refractivity contribution in [1.29, 1.82) is 5.26 Å². The number of oxazole rings is 1. The number of thiophene rings is 1. The number of hydrogen-bond donors (Lipinski definition) is 0. The molecule has 0 radical (unpaired) electrons. The second-order valence-corrected chi connectivity index (χ2v) is 6.90. The maximum atomic E-state index is 12.7. The Morgan fingerprint density at radius 3 is 2.81 bits per heavy atom. The van der Waals surface area contributed by atoms with Crippen LogP contribution < -0.4 is 0 Å². The maximum Gasteiger partial charge on any atom is 0.271 e. The van der Waals surface area contributed by atoms with E-state index >= 15 is 0 Å². The number of aromatic nitrogens is 1. The zero-order valence-electron chi connectivity index (χ0n) is 14.5. The zero-order valence-corrected chi connectivity index (χ0v) is 15.3. The molecular formula is C19H13N3O4S. The van der Waals surface area contributed by atoms with Gasteiger partial charge in [0.15, 0.2) is 16.2 Å². The Labute approximate surface area is 157 Å². The molecule has 0 atom stereocenters. The Hall–Kier alpha value is -3.44. The van der Waals surface area contributed by atoms with E-state index in [2.05, 4.69) is 4.98 Å². The second kappa shape index (κ2) is 6.37. The zero-order chi connectivity index (χ0) is 19.1. The average molecular weight is 379 g/mol. The van der Waals surface area contributed by atoms with Crippen molar-refractivity contribution in [3.63, 3.8) is 0 Å². The fourth-order valence-electron chi connectivity index (χ4n) is 2.89. The number of furan rings is 1. The third-order valence-corrected chi connectivity index (χ3v) is 5.23. The summed E-state index contributed by atoms with van der Waals surface area (Å²) in [4.78, 5) is 31.8. The Balaban J connectivity index is 1.77. The first-order chi connectivity index (χ1) is 13.0. The minimum absolute atomic E-state index is 0.0128. The summed E-state index contributed by atoms with van der Waals surface area (Å²) in [7, 11) is 0. The monoisotopic (exact) mass is 379 g/mol. The van der Waals surface area contributed by atoms with Crippen LogP contribution >= 0.6 is 11.3 Å². The lowest BCUT2D eigenvalue weighted by molar-refractivity contribution is -0.140. The number of hydrogen-bond acceptors (Lipinski definition) is 7. The van der Waals surface area contributed by atoms with E-state index in [1.54, 1.807) is 44.4 Å². The number of imide groups is 1. The Morgan fingerprint density at radius 2 is 2.19 bits per heavy atom. The maximum absolute atomic E-state index is 12.7. The van der Waals surface area contributed by atoms with Crippen molar-refractivity contribution in [3.05, 3.63) is 46.1 Å². The van der Waals surface area contributed by atoms with Crippen LogP contribution in [0.15, 0.2) is 50.0 Å². The molecule has 0 unspecified atom stereocenters. The summed E-state index contributed by atoms with van der Waals surface area (Å²) in [6.07, 6.45) is 3.21. The van der Waals surface area contributed by atoms with E-state index in [-0.39, 0.29) is 12.1 Å². The van der Waals surface area contributed by atoms with E-state index in [0.29, 0.717) is 33.2 Å². The largest absolute Gasteiger partial charge is 0.459 e. The van der Waals surface area contributed by atoms with Gasteiger partial charge >= 0.3 is 0 Å². The molecule has 4 rings (SSSR count). The Morgan fingerprint density at radius 1 is 1.37 bits per heavy atom. The summed E-state index contributed by atoms with van der Waals surface area (Å²) >= 11 is 1.35. The fraction of sp³-hybridized carbons (Fsp3) is 0.158. The summed E-state index contributed by atoms with van der Waals surface area (Å²) < 4.78 is 11.0. The molecule has 0 aromatic carbocycles. The predicted octanol–water partition coefficient (Wildman–Crippen LogP) is 3.76. The van der Waals surface area contributed by atoms with Gasteiger partial charge in [-0.05, 0) is 37.6 Å². The molecule has 4 heterocycles. The van der Waals surface area contributed by atoms with Gasteiger partial charge in [-0.3, -0.25) is 14.5 Å². The van der Waals surface area contributed by atoms with Gasteiger partial charge in [-0.15, -0.1) is 11.3 Å². The highest BCUT2D eigenvalue weighted by atomic mass is 32.1. The fourth-order valence-corrected chi connectivity index (χ4v) is 3.78. The van der Waals surface area contributed by atoms with Gasteiger partial charge in [0.1, 0.15) is 11.6 Å². The number of carbonyl (C=O) groups excluding carboxylic acids is 2. The highest BCUT2D eigenvalue weighted by molar-refractivity contribution is 7.19. The molecule has 2 amide bonds. The molecule has 0 bridgehead atoms. The van der Waals surface area contributed by atoms with E-state index in [4.69, 9.17) is 8.83 Å². The highest BCUT2D eigenvalue weighted by Gasteiger charge is 2.34. The van der Waals surface area contributed by atoms with Crippen molar-refractivity contribution in [2.75, 3.05) is 6.54 Å². The van der Waals surface area contributed by atoms with E-state index in [9.17, 15) is 14.9 Å². The van der Waals surface area contributed by atoms with Crippen LogP contribution in [0.4, 0.5) is 0 Å². The van der Waals surface area contributed by atoms with Gasteiger partial charge < -0.3 is 8.83 Å². The first-order valence-electron chi connectivity index (χ1n) is 8.17. The Bertz CT molecular complexity index is 1140. The number of fused-ring (bicyclic) bond motifs is 1. The van der Waals surface area contributed by atoms with Gasteiger partial charge in [-0.25, -0.2) is 0 Å². The van der Waals surface area contributed by atoms with Crippen LogP contribution in [0.3, 0.4) is 0 Å². The lowest BCUT2D eigenvalue weighted by Crippen LogP contribution is -2.42. The number of amides is 2. The molecule has 8 heteroatoms. The normalized spacial score (nSPS) is 16.6. The van der Waals surface area contributed by atoms with Crippen LogP contribution in [-0.4, -0.2) is 28.2 Å². The van der Waals surface area contributed by atoms with Crippen molar-refractivity contribution >= 4 is 39.6 Å². The molecule has 0 aliphatic carbocycles. The molecule has 0 saturated heterocycles. The molecular weight excluding hydrogens is 366 g/mol. The van der Waals surface area contributed by atoms with Gasteiger partial charge in [0.2, 0.25) is 0 Å². The summed E-state index contributed by atoms with van der Waals surface area (Å²) in [6.45, 7) is 3.51. The van der Waals surface area contributed by atoms with Crippen LogP contribution in [0.1, 0.15) is 18.7 Å². The molecule has 7 nitrogen and oxygen atoms in total. The molecule has 1 aliphatic rings. The van der Waals surface area contributed by atoms with Gasteiger partial charge in [0.05, 0.1) is 6.26 Å². The van der Waals surface area contributed by atoms with Crippen LogP contribution in [0.5, 0.6) is 0 Å². The average Bonchev–Trinajstić information content (AvgIpc) is 3.35. The number of nitriles is 1. The smallest absolute Gasteiger partial charge is 0.271 e. The molecule has 0 saturated carbocycles. The molecule has 0 N–H and O–H groups in total. The van der Waals surface area contributed by atoms with Crippen LogP contribution in [0.25, 0.3) is 28.1 Å². The van der Waals surface area contributed by atoms with Crippen LogP contribution in [0, 0.1) is 11.3 Å². The first kappa shape index (κ1) is 17.0. The van der Waals surface area contributed by atoms with E-state index < -0.39 is 11.8 Å². The standard InChI is InChI=1S/C19H13N3O4S/c1-3-22-18(23)12(10(2)13(9-20)19(22)24)7-11-8-15-17(27-11)21-16(26-15)14-5-4-6-25-14/h4-8H,3H2,1-2H3/b12-7-. The van der Waals surface area contributed by atoms with Gasteiger partial charge in [-0.2, -0.15) is 10.2 Å². The SMILES string of the molecule is CCN1C(=O)C(C#N)=C(C)/C(=C/c2cc3oc(-c4ccco4)nc3s2)C1=O. The van der Waals surface area contributed by atoms with E-state index in [0.717, 1.165) is 9.78 Å². The minimum atomic E-state index is -0.552. The Kier molecular flexibility index (Phi) is 4.01. The van der Waals surface area contributed by atoms with Gasteiger partial charge in [-0.1, -0.05) is 0 Å². The van der Waals surface area contributed by atoms with Crippen LogP contribution in [0.2, 0.25) is 0 Å². The van der Waals surface area contributed by atoms with Crippen molar-refractivity contribution in [2.45, 2.75) is 13.8 Å². The third-order valence-electron chi connectivity index (χ3n) is 4.27. The minimum Gasteiger partial charge on any atom is -0.459 e. The van der Waals surface area contributed by atoms with Gasteiger partial charge in [0.25, 0.3) is 17.7 Å². The van der Waals surface area contributed by atoms with E-state index in [1.165, 1.54) is 11.3 Å². The first-order valence-corrected chi connectivity index (χ1v) is 8.98. The summed E-state index contributed by atoms with van der Waals surface area (Å²) in [5.74, 6) is -0.0345. The lowest BCUT2D eigenvalue weighted by atomic mass is 9.95. The summed E-state index contributed by atoms with van der Waals surface area (Å²) in [5, 5.41) is 9.29. The second-order valence-electron chi connectivity index (χ2n) is 5.84. The predicted molar refractivity (Wildman–Crippen MR) is 98.3 cm³/mol. The van der Waals surface area contributed by atoms with Crippen molar-refractivity contribution in [1.82, 2.24) is 9.88 Å². The topological polar surface area (TPSA) is 100 Å². The molecule has 1 aliphatic heterocycles. The highest BCUT2D eigenvalue weighted by Crippen LogP contribution is 2.33. The number of rotatable bonds is 3. The quantitative estimate of drug-likeness (QED) is 0.507. The number of likely N-dealkylation sites (N-methyl/N-ethyl adjacent to an activating group) is 1. The number of carbonyl (C=O) groups is 2. The molecule has 0 spiro atoms. The number of nitrogens with zero attached hydrogens (tertiary/aromatic N) is 3. The summed E-state index contributed by atoms with van der Waals surface area (Å²) in [5.41, 5.74) is 1.27. The third kappa shape index (κ3) is 2.69. The molecule has 3 aromatic heterocycles. The van der Waals surface area contributed by atoms with Crippen molar-refractivity contribution in [3.8, 4) is 17.7 Å². The van der Waals surface area contributed by atoms with Gasteiger partial charge in [0, 0.05) is 23.1 Å². The van der Waals surface area contributed by atoms with Crippen molar-refractivity contribution in [2.24, 2.45) is 0 Å². The van der Waals surface area contributed by atoms with Crippen molar-refractivity contribution < 1.29 is 18.4 Å². The molecule has 0 fully saturated rings. The van der Waals surface area contributed by atoms with Crippen LogP contribution in [-0.2, 0) is 9.59 Å².